The summed E-state index contributed by atoms with van der Waals surface area (Å²) in [6.07, 6.45) is 0. The zero-order valence-corrected chi connectivity index (χ0v) is 8.32. The SMILES string of the molecule is C1COCCN1.O=[N+]([O-])[O-].O=[N+]([O-])[O-].[Cu+2]. The normalized spacial score (nSPS) is 12.8. The topological polar surface area (TPSA) is 154 Å². The molecule has 93 valence electrons. The molecule has 0 aromatic carbocycles. The molecule has 1 N–H and O–H groups in total. The van der Waals surface area contributed by atoms with Crippen LogP contribution in [-0.2, 0) is 21.8 Å². The van der Waals surface area contributed by atoms with Crippen LogP contribution in [0.5, 0.6) is 0 Å². The Kier molecular flexibility index (Phi) is 19.8. The van der Waals surface area contributed by atoms with Crippen molar-refractivity contribution in [1.29, 1.82) is 0 Å². The Labute approximate surface area is 94.9 Å². The number of nitrogens with one attached hydrogen (secondary N) is 1. The van der Waals surface area contributed by atoms with E-state index in [1.54, 1.807) is 0 Å². The van der Waals surface area contributed by atoms with E-state index in [9.17, 15) is 0 Å². The molecule has 0 aliphatic carbocycles. The van der Waals surface area contributed by atoms with E-state index in [0.717, 1.165) is 26.3 Å². The molecule has 1 aliphatic heterocycles. The number of morpholine rings is 1. The van der Waals surface area contributed by atoms with Crippen LogP contribution < -0.4 is 5.32 Å². The average Bonchev–Trinajstić information content (AvgIpc) is 2.05. The van der Waals surface area contributed by atoms with Gasteiger partial charge in [-0.1, -0.05) is 0 Å². The van der Waals surface area contributed by atoms with Crippen molar-refractivity contribution in [2.24, 2.45) is 0 Å². The first-order chi connectivity index (χ1) is 6.46. The minimum absolute atomic E-state index is 0. The van der Waals surface area contributed by atoms with Gasteiger partial charge in [-0.05, 0) is 0 Å². The fourth-order valence-corrected chi connectivity index (χ4v) is 0.516. The molecule has 1 heterocycles. The predicted octanol–water partition coefficient (Wildman–Crippen LogP) is -0.874. The van der Waals surface area contributed by atoms with Gasteiger partial charge < -0.3 is 40.7 Å². The molecule has 0 aromatic rings. The Morgan fingerprint density at radius 1 is 0.933 bits per heavy atom. The predicted molar refractivity (Wildman–Crippen MR) is 44.4 cm³/mol. The summed E-state index contributed by atoms with van der Waals surface area (Å²) in [5, 5.41) is 32.7. The molecule has 15 heavy (non-hydrogen) atoms. The number of hydrogen-bond donors (Lipinski definition) is 1. The Balaban J connectivity index is -0.000000145. The molecule has 0 aromatic heterocycles. The third-order valence-electron chi connectivity index (χ3n) is 0.846. The van der Waals surface area contributed by atoms with Crippen LogP contribution in [0.25, 0.3) is 0 Å². The molecule has 0 bridgehead atoms. The van der Waals surface area contributed by atoms with Gasteiger partial charge in [-0.2, -0.15) is 0 Å². The maximum absolute atomic E-state index is 8.25. The zero-order valence-electron chi connectivity index (χ0n) is 7.38. The van der Waals surface area contributed by atoms with E-state index in [-0.39, 0.29) is 17.1 Å². The van der Waals surface area contributed by atoms with Crippen LogP contribution in [0.1, 0.15) is 0 Å². The first kappa shape index (κ1) is 19.4. The van der Waals surface area contributed by atoms with Crippen molar-refractivity contribution in [2.75, 3.05) is 26.3 Å². The minimum atomic E-state index is -1.75. The smallest absolute Gasteiger partial charge is 0.379 e. The van der Waals surface area contributed by atoms with E-state index in [2.05, 4.69) is 5.32 Å². The van der Waals surface area contributed by atoms with E-state index in [1.165, 1.54) is 0 Å². The molecule has 1 saturated heterocycles. The van der Waals surface area contributed by atoms with Crippen molar-refractivity contribution in [2.45, 2.75) is 0 Å². The first-order valence-corrected chi connectivity index (χ1v) is 3.38. The van der Waals surface area contributed by atoms with Gasteiger partial charge in [0.15, 0.2) is 0 Å². The van der Waals surface area contributed by atoms with Crippen LogP contribution >= 0.6 is 0 Å². The summed E-state index contributed by atoms with van der Waals surface area (Å²) in [7, 11) is 0. The van der Waals surface area contributed by atoms with Crippen molar-refractivity contribution in [3.63, 3.8) is 0 Å². The summed E-state index contributed by atoms with van der Waals surface area (Å²) in [4.78, 5) is 16.5. The van der Waals surface area contributed by atoms with Crippen molar-refractivity contribution in [3.8, 4) is 0 Å². The fraction of sp³-hybridized carbons (Fsp3) is 1.00. The van der Waals surface area contributed by atoms with Gasteiger partial charge in [0.25, 0.3) is 0 Å². The Morgan fingerprint density at radius 2 is 1.20 bits per heavy atom. The summed E-state index contributed by atoms with van der Waals surface area (Å²) in [6.45, 7) is 3.83. The molecule has 11 heteroatoms. The Hall–Kier alpha value is -1.16. The maximum atomic E-state index is 8.25. The van der Waals surface area contributed by atoms with Crippen molar-refractivity contribution in [3.05, 3.63) is 30.6 Å². The van der Waals surface area contributed by atoms with Gasteiger partial charge >= 0.3 is 17.1 Å². The quantitative estimate of drug-likeness (QED) is 0.339. The monoisotopic (exact) mass is 274 g/mol. The van der Waals surface area contributed by atoms with Crippen LogP contribution in [0.3, 0.4) is 0 Å². The largest absolute Gasteiger partial charge is 2.00 e. The molecule has 1 aliphatic rings. The van der Waals surface area contributed by atoms with E-state index in [0.29, 0.717) is 0 Å². The number of rotatable bonds is 0. The van der Waals surface area contributed by atoms with E-state index < -0.39 is 10.2 Å². The number of ether oxygens (including phenoxy) is 1. The zero-order chi connectivity index (χ0) is 11.4. The molecule has 1 fully saturated rings. The molecule has 0 saturated carbocycles. The fourth-order valence-electron chi connectivity index (χ4n) is 0.516. The van der Waals surface area contributed by atoms with Crippen LogP contribution in [0.15, 0.2) is 0 Å². The molecule has 0 amide bonds. The van der Waals surface area contributed by atoms with Gasteiger partial charge in [0.1, 0.15) is 0 Å². The minimum Gasteiger partial charge on any atom is -0.379 e. The van der Waals surface area contributed by atoms with Crippen molar-refractivity contribution >= 4 is 0 Å². The number of hydrogen-bond acceptors (Lipinski definition) is 8. The summed E-state index contributed by atoms with van der Waals surface area (Å²) in [5.41, 5.74) is 0. The molecule has 1 rings (SSSR count). The van der Waals surface area contributed by atoms with Crippen LogP contribution in [0.4, 0.5) is 0 Å². The first-order valence-electron chi connectivity index (χ1n) is 3.38. The summed E-state index contributed by atoms with van der Waals surface area (Å²) < 4.78 is 5.01. The maximum Gasteiger partial charge on any atom is 2.00 e. The van der Waals surface area contributed by atoms with E-state index in [4.69, 9.17) is 35.4 Å². The average molecular weight is 275 g/mol. The molecular weight excluding hydrogens is 266 g/mol. The Morgan fingerprint density at radius 3 is 1.27 bits per heavy atom. The van der Waals surface area contributed by atoms with Crippen molar-refractivity contribution < 1.29 is 32.0 Å². The molecule has 0 spiro atoms. The van der Waals surface area contributed by atoms with Gasteiger partial charge in [0.05, 0.1) is 23.4 Å². The second-order valence-corrected chi connectivity index (χ2v) is 1.81. The van der Waals surface area contributed by atoms with Crippen molar-refractivity contribution in [1.82, 2.24) is 5.32 Å². The van der Waals surface area contributed by atoms with Crippen LogP contribution in [0.2, 0.25) is 0 Å². The Bertz CT molecular complexity index is 133. The second-order valence-electron chi connectivity index (χ2n) is 1.81. The van der Waals surface area contributed by atoms with Gasteiger partial charge in [-0.3, -0.25) is 0 Å². The van der Waals surface area contributed by atoms with Gasteiger partial charge in [0, 0.05) is 13.1 Å². The van der Waals surface area contributed by atoms with Gasteiger partial charge in [-0.15, -0.1) is 0 Å². The van der Waals surface area contributed by atoms with E-state index >= 15 is 0 Å². The number of nitrogens with zero attached hydrogens (tertiary/aromatic N) is 2. The summed E-state index contributed by atoms with van der Waals surface area (Å²) >= 11 is 0. The van der Waals surface area contributed by atoms with Gasteiger partial charge in [0.2, 0.25) is 0 Å². The van der Waals surface area contributed by atoms with Crippen LogP contribution in [0, 0.1) is 30.6 Å². The molecular formula is C4H9CuN3O7. The molecule has 0 unspecified atom stereocenters. The standard InChI is InChI=1S/C4H9NO.Cu.2NO3/c1-3-6-4-2-5-1;;2*2-1(3)4/h5H,1-4H2;;;/q;+2;2*-1. The van der Waals surface area contributed by atoms with E-state index in [1.807, 2.05) is 0 Å². The second kappa shape index (κ2) is 15.3. The van der Waals surface area contributed by atoms with Gasteiger partial charge in [-0.25, -0.2) is 0 Å². The molecule has 0 atom stereocenters. The molecule has 1 radical (unpaired) electrons. The molecule has 10 nitrogen and oxygen atoms in total. The third kappa shape index (κ3) is 64.4. The summed E-state index contributed by atoms with van der Waals surface area (Å²) in [6, 6.07) is 0. The third-order valence-corrected chi connectivity index (χ3v) is 0.846. The van der Waals surface area contributed by atoms with Crippen LogP contribution in [-0.4, -0.2) is 36.5 Å². The summed E-state index contributed by atoms with van der Waals surface area (Å²) in [5.74, 6) is 0.